The Bertz CT molecular complexity index is 1630. The number of aromatic amines is 1. The zero-order valence-corrected chi connectivity index (χ0v) is 26.9. The Morgan fingerprint density at radius 1 is 1.10 bits per heavy atom. The second-order valence-corrected chi connectivity index (χ2v) is 11.9. The van der Waals surface area contributed by atoms with Crippen molar-refractivity contribution >= 4 is 57.8 Å². The minimum atomic E-state index is -5.16. The number of hydrogen-bond donors (Lipinski definition) is 6. The van der Waals surface area contributed by atoms with Gasteiger partial charge in [0.25, 0.3) is 12.3 Å². The first kappa shape index (κ1) is 39.8. The number of H-pyrrole nitrogens is 1. The van der Waals surface area contributed by atoms with Crippen molar-refractivity contribution in [1.82, 2.24) is 20.3 Å². The zero-order valence-electron chi connectivity index (χ0n) is 25.4. The van der Waals surface area contributed by atoms with Crippen molar-refractivity contribution < 1.29 is 54.6 Å². The van der Waals surface area contributed by atoms with Gasteiger partial charge in [-0.2, -0.15) is 36.3 Å². The first-order chi connectivity index (χ1) is 22.6. The topological polar surface area (TPSA) is 181 Å². The van der Waals surface area contributed by atoms with Crippen molar-refractivity contribution in [3.8, 4) is 5.88 Å². The van der Waals surface area contributed by atoms with Crippen LogP contribution in [0.3, 0.4) is 0 Å². The number of primary amides is 1. The van der Waals surface area contributed by atoms with Crippen molar-refractivity contribution in [2.24, 2.45) is 17.4 Å². The molecule has 2 atom stereocenters. The lowest BCUT2D eigenvalue weighted by Gasteiger charge is -2.31. The number of nitrogens with zero attached hydrogens (tertiary/aromatic N) is 2. The molecule has 49 heavy (non-hydrogen) atoms. The third kappa shape index (κ3) is 10.2. The molecule has 0 bridgehead atoms. The summed E-state index contributed by atoms with van der Waals surface area (Å²) in [6.07, 6.45) is -8.74. The molecule has 1 fully saturated rings. The second-order valence-electron chi connectivity index (χ2n) is 11.1. The summed E-state index contributed by atoms with van der Waals surface area (Å²) >= 11 is 12.6. The summed E-state index contributed by atoms with van der Waals surface area (Å²) in [6, 6.07) is 1.61. The van der Waals surface area contributed by atoms with E-state index in [-0.39, 0.29) is 50.5 Å². The number of aromatic nitrogens is 3. The molecular weight excluding hydrogens is 721 g/mol. The van der Waals surface area contributed by atoms with Crippen LogP contribution < -0.4 is 26.8 Å². The molecule has 2 aromatic heterocycles. The van der Waals surface area contributed by atoms with Crippen LogP contribution in [0.5, 0.6) is 5.88 Å². The van der Waals surface area contributed by atoms with E-state index in [2.05, 4.69) is 25.6 Å². The average Bonchev–Trinajstić information content (AvgIpc) is 3.41. The van der Waals surface area contributed by atoms with Gasteiger partial charge in [-0.15, -0.1) is 0 Å². The molecule has 1 aromatic carbocycles. The van der Waals surface area contributed by atoms with Crippen LogP contribution in [0.2, 0.25) is 10.0 Å². The van der Waals surface area contributed by atoms with Gasteiger partial charge in [0, 0.05) is 6.54 Å². The number of halogens is 10. The number of pyridine rings is 1. The summed E-state index contributed by atoms with van der Waals surface area (Å²) in [5.74, 6) is -3.76. The SMILES string of the molecule is CC(O)(C(N)C(=O)NCc1ccc(Cl)c(Nc2nc3nc(OCC(F)F)c(C(N)=O)cc3[nH]2)c1Cl)C(F)(F)F.FC(F)(F)C1CCCCC1. The Hall–Kier alpha value is -3.68. The number of ether oxygens (including phenoxy) is 1. The number of anilines is 2. The highest BCUT2D eigenvalue weighted by Gasteiger charge is 2.56. The maximum absolute atomic E-state index is 13.0. The Morgan fingerprint density at radius 3 is 2.27 bits per heavy atom. The Labute approximate surface area is 283 Å². The summed E-state index contributed by atoms with van der Waals surface area (Å²) in [5.41, 5.74) is 7.18. The van der Waals surface area contributed by atoms with Crippen LogP contribution >= 0.6 is 23.2 Å². The van der Waals surface area contributed by atoms with Crippen molar-refractivity contribution in [1.29, 1.82) is 0 Å². The van der Waals surface area contributed by atoms with E-state index in [4.69, 9.17) is 39.4 Å². The fourth-order valence-corrected chi connectivity index (χ4v) is 5.06. The Kier molecular flexibility index (Phi) is 12.9. The van der Waals surface area contributed by atoms with Crippen LogP contribution in [-0.2, 0) is 11.3 Å². The van der Waals surface area contributed by atoms with Gasteiger partial charge in [-0.1, -0.05) is 48.5 Å². The molecule has 2 amide bonds. The largest absolute Gasteiger partial charge is 0.471 e. The number of benzene rings is 1. The van der Waals surface area contributed by atoms with Crippen LogP contribution in [0.15, 0.2) is 18.2 Å². The van der Waals surface area contributed by atoms with Gasteiger partial charge in [-0.05, 0) is 37.5 Å². The number of fused-ring (bicyclic) bond motifs is 1. The molecule has 0 saturated heterocycles. The minimum absolute atomic E-state index is 0.0211. The number of alkyl halides is 8. The van der Waals surface area contributed by atoms with Gasteiger partial charge >= 0.3 is 12.4 Å². The number of carbonyl (C=O) groups is 2. The Morgan fingerprint density at radius 2 is 1.73 bits per heavy atom. The molecule has 0 radical (unpaired) electrons. The third-order valence-corrected chi connectivity index (χ3v) is 8.19. The third-order valence-electron chi connectivity index (χ3n) is 7.45. The quantitative estimate of drug-likeness (QED) is 0.134. The van der Waals surface area contributed by atoms with E-state index < -0.39 is 60.6 Å². The number of nitrogens with two attached hydrogens (primary N) is 2. The van der Waals surface area contributed by atoms with Crippen LogP contribution in [0.25, 0.3) is 11.2 Å². The number of amides is 2. The lowest BCUT2D eigenvalue weighted by atomic mass is 9.89. The van der Waals surface area contributed by atoms with E-state index in [9.17, 15) is 49.8 Å². The fourth-order valence-electron chi connectivity index (χ4n) is 4.53. The molecule has 272 valence electrons. The summed E-state index contributed by atoms with van der Waals surface area (Å²) in [6.45, 7) is -1.06. The van der Waals surface area contributed by atoms with E-state index in [1.807, 2.05) is 0 Å². The fraction of sp³-hybridized carbons (Fsp3) is 0.500. The average molecular weight is 752 g/mol. The second kappa shape index (κ2) is 15.9. The number of aliphatic hydroxyl groups is 1. The van der Waals surface area contributed by atoms with Gasteiger partial charge in [0.1, 0.15) is 11.6 Å². The van der Waals surface area contributed by atoms with Gasteiger partial charge in [0.05, 0.1) is 27.2 Å². The molecule has 8 N–H and O–H groups in total. The van der Waals surface area contributed by atoms with Crippen molar-refractivity contribution in [3.05, 3.63) is 39.4 Å². The summed E-state index contributed by atoms with van der Waals surface area (Å²) < 4.78 is 105. The zero-order chi connectivity index (χ0) is 36.9. The molecule has 2 heterocycles. The van der Waals surface area contributed by atoms with Crippen LogP contribution in [-0.4, -0.2) is 68.9 Å². The predicted octanol–water partition coefficient (Wildman–Crippen LogP) is 6.14. The van der Waals surface area contributed by atoms with E-state index in [0.29, 0.717) is 19.8 Å². The Balaban J connectivity index is 0.000000555. The lowest BCUT2D eigenvalue weighted by molar-refractivity contribution is -0.258. The van der Waals surface area contributed by atoms with E-state index in [1.165, 1.54) is 18.2 Å². The van der Waals surface area contributed by atoms with Gasteiger partial charge in [0.15, 0.2) is 17.9 Å². The number of rotatable bonds is 10. The number of nitrogens with one attached hydrogen (secondary N) is 3. The van der Waals surface area contributed by atoms with E-state index >= 15 is 0 Å². The molecule has 1 saturated carbocycles. The van der Waals surface area contributed by atoms with E-state index in [0.717, 1.165) is 19.3 Å². The normalized spacial score (nSPS) is 16.0. The molecule has 3 aromatic rings. The summed E-state index contributed by atoms with van der Waals surface area (Å²) in [5, 5.41) is 14.6. The van der Waals surface area contributed by atoms with Gasteiger partial charge < -0.3 is 36.9 Å². The van der Waals surface area contributed by atoms with Crippen molar-refractivity contribution in [2.45, 2.75) is 76.0 Å². The summed E-state index contributed by atoms with van der Waals surface area (Å²) in [4.78, 5) is 34.7. The summed E-state index contributed by atoms with van der Waals surface area (Å²) in [7, 11) is 0. The van der Waals surface area contributed by atoms with Crippen molar-refractivity contribution in [3.63, 3.8) is 0 Å². The molecule has 21 heteroatoms. The van der Waals surface area contributed by atoms with Crippen LogP contribution in [0.4, 0.5) is 46.8 Å². The smallest absolute Gasteiger partial charge is 0.418 e. The van der Waals surface area contributed by atoms with Crippen molar-refractivity contribution in [2.75, 3.05) is 11.9 Å². The van der Waals surface area contributed by atoms with Crippen LogP contribution in [0.1, 0.15) is 54.9 Å². The molecular formula is C28H31Cl2F8N7O4. The molecule has 0 spiro atoms. The first-order valence-corrected chi connectivity index (χ1v) is 15.1. The van der Waals surface area contributed by atoms with Gasteiger partial charge in [-0.3, -0.25) is 9.59 Å². The predicted molar refractivity (Wildman–Crippen MR) is 163 cm³/mol. The monoisotopic (exact) mass is 751 g/mol. The highest BCUT2D eigenvalue weighted by atomic mass is 35.5. The van der Waals surface area contributed by atoms with Gasteiger partial charge in [-0.25, -0.2) is 8.78 Å². The maximum atomic E-state index is 13.0. The highest BCUT2D eigenvalue weighted by molar-refractivity contribution is 6.39. The van der Waals surface area contributed by atoms with Gasteiger partial charge in [0.2, 0.25) is 17.7 Å². The first-order valence-electron chi connectivity index (χ1n) is 14.4. The minimum Gasteiger partial charge on any atom is -0.471 e. The maximum Gasteiger partial charge on any atom is 0.418 e. The number of imidazole rings is 1. The molecule has 4 rings (SSSR count). The molecule has 1 aliphatic carbocycles. The standard InChI is InChI=1S/C21H20Cl2F5N7O4.C7H11F3/c1-20(38,21(26,27)28)14(29)17(37)31-5-7-2-3-9(22)13(12(7)23)33-19-32-10-4-8(15(30)36)18(34-16(10)35-19)39-6-11(24)25;8-7(9,10)6-4-2-1-3-5-6/h2-4,11,14,38H,5-6,29H2,1H3,(H2,30,36)(H,31,37)(H2,32,33,34,35);6H,1-5H2. The highest BCUT2D eigenvalue weighted by Crippen LogP contribution is 2.38. The lowest BCUT2D eigenvalue weighted by Crippen LogP contribution is -2.62. The van der Waals surface area contributed by atoms with E-state index in [1.54, 1.807) is 0 Å². The molecule has 1 aliphatic rings. The number of hydrogen-bond acceptors (Lipinski definition) is 8. The molecule has 11 nitrogen and oxygen atoms in total. The molecule has 2 unspecified atom stereocenters. The van der Waals surface area contributed by atoms with Crippen LogP contribution in [0, 0.1) is 5.92 Å². The number of carbonyl (C=O) groups excluding carboxylic acids is 2. The molecule has 0 aliphatic heterocycles.